The summed E-state index contributed by atoms with van der Waals surface area (Å²) in [5.41, 5.74) is 5.46. The van der Waals surface area contributed by atoms with Crippen LogP contribution in [0.1, 0.15) is 51.9 Å². The van der Waals surface area contributed by atoms with Crippen LogP contribution < -0.4 is 5.73 Å². The third-order valence-electron chi connectivity index (χ3n) is 3.64. The van der Waals surface area contributed by atoms with Crippen LogP contribution in [0.5, 0.6) is 0 Å². The maximum atomic E-state index is 11.8. The molecule has 1 amide bonds. The number of amides is 1. The minimum Gasteiger partial charge on any atom is -0.343 e. The van der Waals surface area contributed by atoms with Gasteiger partial charge in [0.15, 0.2) is 0 Å². The van der Waals surface area contributed by atoms with Crippen molar-refractivity contribution in [2.45, 2.75) is 51.9 Å². The third-order valence-corrected chi connectivity index (χ3v) is 3.64. The number of nitrogens with two attached hydrogens (primary N) is 1. The molecular weight excluding hydrogens is 200 g/mol. The maximum absolute atomic E-state index is 11.8. The Morgan fingerprint density at radius 1 is 1.31 bits per heavy atom. The zero-order valence-corrected chi connectivity index (χ0v) is 10.6. The lowest BCUT2D eigenvalue weighted by Gasteiger charge is -2.20. The van der Waals surface area contributed by atoms with Gasteiger partial charge in [0.05, 0.1) is 0 Å². The highest BCUT2D eigenvalue weighted by Crippen LogP contribution is 2.21. The van der Waals surface area contributed by atoms with Gasteiger partial charge in [-0.15, -0.1) is 0 Å². The molecule has 0 saturated carbocycles. The van der Waals surface area contributed by atoms with Crippen molar-refractivity contribution < 1.29 is 4.79 Å². The van der Waals surface area contributed by atoms with E-state index in [2.05, 4.69) is 11.8 Å². The molecule has 0 aromatic carbocycles. The average Bonchev–Trinajstić information content (AvgIpc) is 2.47. The van der Waals surface area contributed by atoms with Crippen LogP contribution in [0.25, 0.3) is 0 Å². The Bertz CT molecular complexity index is 206. The first-order chi connectivity index (χ1) is 7.77. The van der Waals surface area contributed by atoms with E-state index in [1.54, 1.807) is 0 Å². The molecule has 3 nitrogen and oxygen atoms in total. The van der Waals surface area contributed by atoms with Crippen molar-refractivity contribution in [1.82, 2.24) is 4.90 Å². The van der Waals surface area contributed by atoms with Gasteiger partial charge in [-0.1, -0.05) is 19.8 Å². The molecule has 1 rings (SSSR count). The molecule has 2 N–H and O–H groups in total. The zero-order chi connectivity index (χ0) is 11.8. The first-order valence-corrected chi connectivity index (χ1v) is 6.75. The van der Waals surface area contributed by atoms with E-state index in [1.165, 1.54) is 12.8 Å². The van der Waals surface area contributed by atoms with Gasteiger partial charge in [-0.25, -0.2) is 0 Å². The van der Waals surface area contributed by atoms with E-state index in [-0.39, 0.29) is 0 Å². The summed E-state index contributed by atoms with van der Waals surface area (Å²) in [6, 6.07) is 0. The summed E-state index contributed by atoms with van der Waals surface area (Å²) in [7, 11) is 0. The molecule has 0 aromatic rings. The lowest BCUT2D eigenvalue weighted by molar-refractivity contribution is -0.130. The molecule has 0 spiro atoms. The number of nitrogens with zero attached hydrogens (tertiary/aromatic N) is 1. The van der Waals surface area contributed by atoms with Crippen molar-refractivity contribution in [3.05, 3.63) is 0 Å². The number of carbonyl (C=O) groups is 1. The molecule has 1 aliphatic rings. The SMILES string of the molecule is CCC1CCC(=O)N(CCCCCN)CC1. The van der Waals surface area contributed by atoms with Gasteiger partial charge in [0, 0.05) is 19.5 Å². The van der Waals surface area contributed by atoms with E-state index >= 15 is 0 Å². The second kappa shape index (κ2) is 7.66. The fraction of sp³-hybridized carbons (Fsp3) is 0.923. The van der Waals surface area contributed by atoms with Crippen LogP contribution in [0.4, 0.5) is 0 Å². The number of rotatable bonds is 6. The zero-order valence-electron chi connectivity index (χ0n) is 10.6. The van der Waals surface area contributed by atoms with Crippen LogP contribution in [-0.4, -0.2) is 30.4 Å². The number of hydrogen-bond donors (Lipinski definition) is 1. The molecule has 0 bridgehead atoms. The molecular formula is C13H26N2O. The normalized spacial score (nSPS) is 22.2. The second-order valence-electron chi connectivity index (χ2n) is 4.83. The Labute approximate surface area is 99.4 Å². The minimum atomic E-state index is 0.365. The van der Waals surface area contributed by atoms with E-state index in [0.29, 0.717) is 5.91 Å². The van der Waals surface area contributed by atoms with Crippen LogP contribution in [-0.2, 0) is 4.79 Å². The van der Waals surface area contributed by atoms with Gasteiger partial charge >= 0.3 is 0 Å². The quantitative estimate of drug-likeness (QED) is 0.705. The van der Waals surface area contributed by atoms with Gasteiger partial charge in [0.25, 0.3) is 0 Å². The van der Waals surface area contributed by atoms with E-state index in [9.17, 15) is 4.79 Å². The summed E-state index contributed by atoms with van der Waals surface area (Å²) in [5.74, 6) is 1.13. The number of likely N-dealkylation sites (tertiary alicyclic amines) is 1. The second-order valence-corrected chi connectivity index (χ2v) is 4.83. The van der Waals surface area contributed by atoms with E-state index < -0.39 is 0 Å². The summed E-state index contributed by atoms with van der Waals surface area (Å²) in [6.45, 7) is 4.91. The smallest absolute Gasteiger partial charge is 0.222 e. The van der Waals surface area contributed by atoms with E-state index in [1.807, 2.05) is 0 Å². The first kappa shape index (κ1) is 13.5. The van der Waals surface area contributed by atoms with Crippen LogP contribution in [0.3, 0.4) is 0 Å². The van der Waals surface area contributed by atoms with Gasteiger partial charge in [-0.05, 0) is 38.1 Å². The Kier molecular flexibility index (Phi) is 6.46. The number of hydrogen-bond acceptors (Lipinski definition) is 2. The van der Waals surface area contributed by atoms with Crippen LogP contribution in [0, 0.1) is 5.92 Å². The minimum absolute atomic E-state index is 0.365. The van der Waals surface area contributed by atoms with Crippen molar-refractivity contribution in [3.63, 3.8) is 0 Å². The maximum Gasteiger partial charge on any atom is 0.222 e. The average molecular weight is 226 g/mol. The van der Waals surface area contributed by atoms with Crippen molar-refractivity contribution in [3.8, 4) is 0 Å². The van der Waals surface area contributed by atoms with Gasteiger partial charge in [0.2, 0.25) is 5.91 Å². The fourth-order valence-corrected chi connectivity index (χ4v) is 2.36. The summed E-state index contributed by atoms with van der Waals surface area (Å²) in [4.78, 5) is 13.9. The molecule has 0 aromatic heterocycles. The van der Waals surface area contributed by atoms with Gasteiger partial charge < -0.3 is 10.6 Å². The summed E-state index contributed by atoms with van der Waals surface area (Å²) in [5, 5.41) is 0. The van der Waals surface area contributed by atoms with Crippen LogP contribution >= 0.6 is 0 Å². The van der Waals surface area contributed by atoms with Crippen LogP contribution in [0.15, 0.2) is 0 Å². The van der Waals surface area contributed by atoms with Gasteiger partial charge in [-0.2, -0.15) is 0 Å². The molecule has 1 unspecified atom stereocenters. The Morgan fingerprint density at radius 3 is 2.81 bits per heavy atom. The lowest BCUT2D eigenvalue weighted by Crippen LogP contribution is -2.31. The molecule has 3 heteroatoms. The first-order valence-electron chi connectivity index (χ1n) is 6.75. The molecule has 1 aliphatic heterocycles. The Balaban J connectivity index is 2.26. The largest absolute Gasteiger partial charge is 0.343 e. The molecule has 1 atom stereocenters. The van der Waals surface area contributed by atoms with Crippen molar-refractivity contribution in [2.24, 2.45) is 11.7 Å². The molecule has 0 aliphatic carbocycles. The molecule has 16 heavy (non-hydrogen) atoms. The summed E-state index contributed by atoms with van der Waals surface area (Å²) >= 11 is 0. The summed E-state index contributed by atoms with van der Waals surface area (Å²) in [6.07, 6.45) is 7.61. The third kappa shape index (κ3) is 4.52. The molecule has 94 valence electrons. The topological polar surface area (TPSA) is 46.3 Å². The highest BCUT2D eigenvalue weighted by atomic mass is 16.2. The predicted octanol–water partition coefficient (Wildman–Crippen LogP) is 2.15. The highest BCUT2D eigenvalue weighted by molar-refractivity contribution is 5.76. The van der Waals surface area contributed by atoms with Gasteiger partial charge in [0.1, 0.15) is 0 Å². The molecule has 1 heterocycles. The number of unbranched alkanes of at least 4 members (excludes halogenated alkanes) is 2. The van der Waals surface area contributed by atoms with E-state index in [0.717, 1.165) is 57.7 Å². The summed E-state index contributed by atoms with van der Waals surface area (Å²) < 4.78 is 0. The van der Waals surface area contributed by atoms with Gasteiger partial charge in [-0.3, -0.25) is 4.79 Å². The molecule has 1 fully saturated rings. The molecule has 0 radical (unpaired) electrons. The van der Waals surface area contributed by atoms with Crippen molar-refractivity contribution in [1.29, 1.82) is 0 Å². The predicted molar refractivity (Wildman–Crippen MR) is 67.1 cm³/mol. The van der Waals surface area contributed by atoms with Crippen LogP contribution in [0.2, 0.25) is 0 Å². The highest BCUT2D eigenvalue weighted by Gasteiger charge is 2.20. The molecule has 1 saturated heterocycles. The number of carbonyl (C=O) groups excluding carboxylic acids is 1. The fourth-order valence-electron chi connectivity index (χ4n) is 2.36. The standard InChI is InChI=1S/C13H26N2O/c1-2-12-6-7-13(16)15(11-8-12)10-5-3-4-9-14/h12H,2-11,14H2,1H3. The Hall–Kier alpha value is -0.570. The monoisotopic (exact) mass is 226 g/mol. The van der Waals surface area contributed by atoms with Crippen molar-refractivity contribution >= 4 is 5.91 Å². The lowest BCUT2D eigenvalue weighted by atomic mass is 9.98. The van der Waals surface area contributed by atoms with E-state index in [4.69, 9.17) is 5.73 Å². The van der Waals surface area contributed by atoms with Crippen molar-refractivity contribution in [2.75, 3.05) is 19.6 Å². The Morgan fingerprint density at radius 2 is 2.12 bits per heavy atom.